The number of nitrogens with zero attached hydrogens (tertiary/aromatic N) is 1. The maximum atomic E-state index is 8.91. The standard InChI is InChI=1S/C22H31N3O4.HI/c1-4-23-22(24-12-11-18-7-5-6-8-19(18)27-2)25-16-17-9-10-20(29-14-13-26)21(15-17)28-3;/h5-10,15,26H,4,11-14,16H2,1-3H3,(H2,23,24,25);1H. The summed E-state index contributed by atoms with van der Waals surface area (Å²) in [7, 11) is 3.28. The summed E-state index contributed by atoms with van der Waals surface area (Å²) in [6.07, 6.45) is 0.832. The Morgan fingerprint density at radius 1 is 1.00 bits per heavy atom. The average Bonchev–Trinajstić information content (AvgIpc) is 2.76. The second kappa shape index (κ2) is 14.7. The molecule has 2 aromatic rings. The van der Waals surface area contributed by atoms with Crippen molar-refractivity contribution < 1.29 is 19.3 Å². The van der Waals surface area contributed by atoms with Crippen LogP contribution in [0.2, 0.25) is 0 Å². The monoisotopic (exact) mass is 529 g/mol. The number of nitrogens with one attached hydrogen (secondary N) is 2. The Kier molecular flexibility index (Phi) is 12.7. The van der Waals surface area contributed by atoms with Crippen molar-refractivity contribution in [2.24, 2.45) is 4.99 Å². The molecule has 3 N–H and O–H groups in total. The van der Waals surface area contributed by atoms with Gasteiger partial charge in [0.25, 0.3) is 0 Å². The lowest BCUT2D eigenvalue weighted by Gasteiger charge is -2.13. The molecule has 0 aliphatic heterocycles. The first-order valence-electron chi connectivity index (χ1n) is 9.76. The summed E-state index contributed by atoms with van der Waals surface area (Å²) in [5, 5.41) is 15.5. The van der Waals surface area contributed by atoms with Crippen LogP contribution in [0.15, 0.2) is 47.5 Å². The summed E-state index contributed by atoms with van der Waals surface area (Å²) in [5.74, 6) is 2.88. The fraction of sp³-hybridized carbons (Fsp3) is 0.409. The van der Waals surface area contributed by atoms with Crippen molar-refractivity contribution in [3.63, 3.8) is 0 Å². The van der Waals surface area contributed by atoms with Crippen molar-refractivity contribution in [1.82, 2.24) is 10.6 Å². The summed E-state index contributed by atoms with van der Waals surface area (Å²) < 4.78 is 16.2. The van der Waals surface area contributed by atoms with Gasteiger partial charge in [0.05, 0.1) is 27.4 Å². The molecule has 2 aromatic carbocycles. The second-order valence-electron chi connectivity index (χ2n) is 6.24. The van der Waals surface area contributed by atoms with Crippen LogP contribution < -0.4 is 24.8 Å². The Morgan fingerprint density at radius 3 is 2.47 bits per heavy atom. The summed E-state index contributed by atoms with van der Waals surface area (Å²) in [6.45, 7) is 4.24. The fourth-order valence-corrected chi connectivity index (χ4v) is 2.82. The van der Waals surface area contributed by atoms with E-state index in [9.17, 15) is 0 Å². The highest BCUT2D eigenvalue weighted by Gasteiger charge is 2.07. The molecule has 2 rings (SSSR count). The van der Waals surface area contributed by atoms with Crippen LogP contribution in [-0.2, 0) is 13.0 Å². The minimum atomic E-state index is -0.0399. The lowest BCUT2D eigenvalue weighted by Crippen LogP contribution is -2.38. The number of guanidine groups is 1. The van der Waals surface area contributed by atoms with Crippen LogP contribution >= 0.6 is 24.0 Å². The number of methoxy groups -OCH3 is 2. The van der Waals surface area contributed by atoms with Crippen LogP contribution in [0, 0.1) is 0 Å². The lowest BCUT2D eigenvalue weighted by molar-refractivity contribution is 0.196. The van der Waals surface area contributed by atoms with E-state index in [2.05, 4.69) is 21.7 Å². The predicted molar refractivity (Wildman–Crippen MR) is 131 cm³/mol. The Hall–Kier alpha value is -2.20. The summed E-state index contributed by atoms with van der Waals surface area (Å²) in [5.41, 5.74) is 2.15. The van der Waals surface area contributed by atoms with Gasteiger partial charge in [0.15, 0.2) is 17.5 Å². The minimum absolute atomic E-state index is 0. The van der Waals surface area contributed by atoms with E-state index in [-0.39, 0.29) is 37.2 Å². The van der Waals surface area contributed by atoms with Gasteiger partial charge in [0.2, 0.25) is 0 Å². The molecular formula is C22H32IN3O4. The van der Waals surface area contributed by atoms with E-state index in [1.807, 2.05) is 43.3 Å². The predicted octanol–water partition coefficient (Wildman–Crippen LogP) is 2.99. The molecule has 0 aliphatic carbocycles. The minimum Gasteiger partial charge on any atom is -0.496 e. The maximum Gasteiger partial charge on any atom is 0.191 e. The molecule has 0 aliphatic rings. The number of rotatable bonds is 11. The highest BCUT2D eigenvalue weighted by molar-refractivity contribution is 14.0. The Balaban J connectivity index is 0.00000450. The summed E-state index contributed by atoms with van der Waals surface area (Å²) in [6, 6.07) is 13.7. The van der Waals surface area contributed by atoms with Crippen molar-refractivity contribution >= 4 is 29.9 Å². The summed E-state index contributed by atoms with van der Waals surface area (Å²) in [4.78, 5) is 4.65. The van der Waals surface area contributed by atoms with Gasteiger partial charge in [-0.1, -0.05) is 24.3 Å². The highest BCUT2D eigenvalue weighted by atomic mass is 127. The molecule has 0 amide bonds. The largest absolute Gasteiger partial charge is 0.496 e. The normalized spacial score (nSPS) is 10.7. The van der Waals surface area contributed by atoms with Crippen molar-refractivity contribution in [3.05, 3.63) is 53.6 Å². The maximum absolute atomic E-state index is 8.91. The van der Waals surface area contributed by atoms with Gasteiger partial charge < -0.3 is 30.0 Å². The number of hydrogen-bond acceptors (Lipinski definition) is 5. The molecular weight excluding hydrogens is 497 g/mol. The molecule has 0 saturated carbocycles. The molecule has 7 nitrogen and oxygen atoms in total. The number of aliphatic hydroxyl groups is 1. The number of ether oxygens (including phenoxy) is 3. The molecule has 0 atom stereocenters. The second-order valence-corrected chi connectivity index (χ2v) is 6.24. The number of aliphatic imine (C=N–C) groups is 1. The third-order valence-electron chi connectivity index (χ3n) is 4.22. The average molecular weight is 529 g/mol. The van der Waals surface area contributed by atoms with E-state index in [1.165, 1.54) is 0 Å². The smallest absolute Gasteiger partial charge is 0.191 e. The molecule has 0 aromatic heterocycles. The first-order chi connectivity index (χ1) is 14.2. The van der Waals surface area contributed by atoms with E-state index in [0.717, 1.165) is 42.3 Å². The van der Waals surface area contributed by atoms with Crippen molar-refractivity contribution in [2.75, 3.05) is 40.5 Å². The van der Waals surface area contributed by atoms with Gasteiger partial charge in [0, 0.05) is 13.1 Å². The molecule has 166 valence electrons. The van der Waals surface area contributed by atoms with Crippen LogP contribution in [0.25, 0.3) is 0 Å². The zero-order valence-electron chi connectivity index (χ0n) is 17.8. The summed E-state index contributed by atoms with van der Waals surface area (Å²) >= 11 is 0. The van der Waals surface area contributed by atoms with E-state index in [0.29, 0.717) is 18.0 Å². The van der Waals surface area contributed by atoms with Gasteiger partial charge in [-0.2, -0.15) is 0 Å². The SMILES string of the molecule is CCNC(=NCc1ccc(OCCO)c(OC)c1)NCCc1ccccc1OC.I. The number of halogens is 1. The number of benzene rings is 2. The number of hydrogen-bond donors (Lipinski definition) is 3. The quantitative estimate of drug-likeness (QED) is 0.236. The Morgan fingerprint density at radius 2 is 1.77 bits per heavy atom. The third-order valence-corrected chi connectivity index (χ3v) is 4.22. The van der Waals surface area contributed by atoms with Crippen LogP contribution in [0.4, 0.5) is 0 Å². The van der Waals surface area contributed by atoms with Gasteiger partial charge in [-0.05, 0) is 42.7 Å². The van der Waals surface area contributed by atoms with Crippen molar-refractivity contribution in [2.45, 2.75) is 19.9 Å². The van der Waals surface area contributed by atoms with Crippen LogP contribution in [0.1, 0.15) is 18.1 Å². The van der Waals surface area contributed by atoms with E-state index in [1.54, 1.807) is 14.2 Å². The third kappa shape index (κ3) is 8.27. The van der Waals surface area contributed by atoms with Crippen molar-refractivity contribution in [3.8, 4) is 17.2 Å². The zero-order valence-corrected chi connectivity index (χ0v) is 20.1. The van der Waals surface area contributed by atoms with Gasteiger partial charge in [-0.3, -0.25) is 0 Å². The Labute approximate surface area is 195 Å². The molecule has 0 spiro atoms. The highest BCUT2D eigenvalue weighted by Crippen LogP contribution is 2.28. The zero-order chi connectivity index (χ0) is 20.9. The molecule has 0 bridgehead atoms. The number of aliphatic hydroxyl groups excluding tert-OH is 1. The molecule has 8 heteroatoms. The molecule has 0 unspecified atom stereocenters. The molecule has 0 radical (unpaired) electrons. The van der Waals surface area contributed by atoms with Crippen molar-refractivity contribution in [1.29, 1.82) is 0 Å². The van der Waals surface area contributed by atoms with Gasteiger partial charge in [0.1, 0.15) is 12.4 Å². The lowest BCUT2D eigenvalue weighted by atomic mass is 10.1. The molecule has 0 fully saturated rings. The van der Waals surface area contributed by atoms with Crippen LogP contribution in [0.3, 0.4) is 0 Å². The van der Waals surface area contributed by atoms with Gasteiger partial charge in [-0.25, -0.2) is 4.99 Å². The molecule has 30 heavy (non-hydrogen) atoms. The molecule has 0 heterocycles. The first kappa shape index (κ1) is 25.8. The van der Waals surface area contributed by atoms with Gasteiger partial charge >= 0.3 is 0 Å². The van der Waals surface area contributed by atoms with E-state index in [4.69, 9.17) is 19.3 Å². The van der Waals surface area contributed by atoms with E-state index >= 15 is 0 Å². The van der Waals surface area contributed by atoms with Gasteiger partial charge in [-0.15, -0.1) is 24.0 Å². The topological polar surface area (TPSA) is 84.3 Å². The van der Waals surface area contributed by atoms with Crippen LogP contribution in [0.5, 0.6) is 17.2 Å². The first-order valence-corrected chi connectivity index (χ1v) is 9.76. The van der Waals surface area contributed by atoms with Crippen LogP contribution in [-0.4, -0.2) is 51.6 Å². The fourth-order valence-electron chi connectivity index (χ4n) is 2.82. The number of para-hydroxylation sites is 1. The Bertz CT molecular complexity index is 787. The molecule has 0 saturated heterocycles. The van der Waals surface area contributed by atoms with E-state index < -0.39 is 0 Å².